The summed E-state index contributed by atoms with van der Waals surface area (Å²) in [7, 11) is 1.75. The van der Waals surface area contributed by atoms with Gasteiger partial charge in [-0.3, -0.25) is 0 Å². The largest absolute Gasteiger partial charge is 0.478 e. The minimum Gasteiger partial charge on any atom is -0.478 e. The van der Waals surface area contributed by atoms with Gasteiger partial charge in [0.05, 0.1) is 6.61 Å². The smallest absolute Gasteiger partial charge is 0.328 e. The summed E-state index contributed by atoms with van der Waals surface area (Å²) in [6.45, 7) is 13.8. The fraction of sp³-hybridized carbons (Fsp3) is 0.542. The lowest BCUT2D eigenvalue weighted by atomic mass is 9.86. The van der Waals surface area contributed by atoms with E-state index in [-0.39, 0.29) is 5.41 Å². The van der Waals surface area contributed by atoms with Gasteiger partial charge in [0, 0.05) is 18.6 Å². The highest BCUT2D eigenvalue weighted by Gasteiger charge is 2.60. The van der Waals surface area contributed by atoms with Gasteiger partial charge in [-0.1, -0.05) is 65.0 Å². The third-order valence-corrected chi connectivity index (χ3v) is 5.98. The fourth-order valence-corrected chi connectivity index (χ4v) is 3.99. The van der Waals surface area contributed by atoms with Crippen LogP contribution in [0.3, 0.4) is 0 Å². The SMILES string of the molecule is COC[C@@H]1[C@H](/C=C/C(C)=C/C(=O)O)[C@@]1(C)c1cc(C(C)C)cc(C(C)C)c1. The Hall–Kier alpha value is -1.87. The van der Waals surface area contributed by atoms with Crippen LogP contribution in [0.4, 0.5) is 0 Å². The third kappa shape index (κ3) is 4.70. The van der Waals surface area contributed by atoms with E-state index in [4.69, 9.17) is 9.84 Å². The molecule has 0 unspecified atom stereocenters. The zero-order valence-electron chi connectivity index (χ0n) is 17.7. The molecule has 3 atom stereocenters. The van der Waals surface area contributed by atoms with Crippen LogP contribution in [0.25, 0.3) is 0 Å². The van der Waals surface area contributed by atoms with Crippen molar-refractivity contribution in [3.63, 3.8) is 0 Å². The van der Waals surface area contributed by atoms with Crippen molar-refractivity contribution < 1.29 is 14.6 Å². The van der Waals surface area contributed by atoms with Crippen molar-refractivity contribution in [2.45, 2.75) is 58.8 Å². The van der Waals surface area contributed by atoms with E-state index < -0.39 is 5.97 Å². The van der Waals surface area contributed by atoms with Gasteiger partial charge >= 0.3 is 5.97 Å². The Morgan fingerprint density at radius 3 is 2.19 bits per heavy atom. The molecule has 3 heteroatoms. The second-order valence-electron chi connectivity index (χ2n) is 8.65. The van der Waals surface area contributed by atoms with E-state index in [1.165, 1.54) is 22.8 Å². The van der Waals surface area contributed by atoms with E-state index in [0.717, 1.165) is 5.57 Å². The molecule has 1 saturated carbocycles. The molecule has 1 fully saturated rings. The summed E-state index contributed by atoms with van der Waals surface area (Å²) in [5.74, 6) is 0.812. The maximum atomic E-state index is 10.9. The Morgan fingerprint density at radius 2 is 1.74 bits per heavy atom. The molecule has 1 aliphatic carbocycles. The molecule has 0 spiro atoms. The van der Waals surface area contributed by atoms with E-state index in [9.17, 15) is 4.79 Å². The number of methoxy groups -OCH3 is 1. The molecule has 1 aromatic carbocycles. The predicted molar refractivity (Wildman–Crippen MR) is 111 cm³/mol. The number of aliphatic carboxylic acids is 1. The summed E-state index contributed by atoms with van der Waals surface area (Å²) in [6, 6.07) is 7.04. The van der Waals surface area contributed by atoms with Gasteiger partial charge in [0.2, 0.25) is 0 Å². The van der Waals surface area contributed by atoms with Crippen LogP contribution >= 0.6 is 0 Å². The zero-order chi connectivity index (χ0) is 20.4. The first kappa shape index (κ1) is 21.4. The monoisotopic (exact) mass is 370 g/mol. The van der Waals surface area contributed by atoms with Crippen LogP contribution in [-0.4, -0.2) is 24.8 Å². The van der Waals surface area contributed by atoms with Crippen LogP contribution in [0.1, 0.15) is 70.1 Å². The van der Waals surface area contributed by atoms with E-state index in [0.29, 0.717) is 30.3 Å². The highest BCUT2D eigenvalue weighted by Crippen LogP contribution is 2.61. The van der Waals surface area contributed by atoms with Gasteiger partial charge in [-0.2, -0.15) is 0 Å². The molecule has 27 heavy (non-hydrogen) atoms. The maximum absolute atomic E-state index is 10.9. The van der Waals surface area contributed by atoms with Crippen molar-refractivity contribution in [3.8, 4) is 0 Å². The number of carboxylic acid groups (broad SMARTS) is 1. The van der Waals surface area contributed by atoms with Crippen molar-refractivity contribution in [1.29, 1.82) is 0 Å². The summed E-state index contributed by atoms with van der Waals surface area (Å²) >= 11 is 0. The maximum Gasteiger partial charge on any atom is 0.328 e. The van der Waals surface area contributed by atoms with Gasteiger partial charge in [0.1, 0.15) is 0 Å². The lowest BCUT2D eigenvalue weighted by Gasteiger charge is -2.19. The molecule has 1 N–H and O–H groups in total. The lowest BCUT2D eigenvalue weighted by Crippen LogP contribution is -2.10. The van der Waals surface area contributed by atoms with E-state index in [2.05, 4.69) is 58.9 Å². The van der Waals surface area contributed by atoms with Crippen LogP contribution in [0.2, 0.25) is 0 Å². The topological polar surface area (TPSA) is 46.5 Å². The molecule has 148 valence electrons. The Labute approximate surface area is 164 Å². The highest BCUT2D eigenvalue weighted by molar-refractivity contribution is 5.81. The number of hydrogen-bond donors (Lipinski definition) is 1. The van der Waals surface area contributed by atoms with Gasteiger partial charge < -0.3 is 9.84 Å². The molecule has 0 heterocycles. The first-order chi connectivity index (χ1) is 12.6. The quantitative estimate of drug-likeness (QED) is 0.474. The van der Waals surface area contributed by atoms with Crippen LogP contribution in [0.5, 0.6) is 0 Å². The second kappa shape index (κ2) is 8.43. The van der Waals surface area contributed by atoms with Crippen molar-refractivity contribution in [2.24, 2.45) is 11.8 Å². The number of hydrogen-bond acceptors (Lipinski definition) is 2. The van der Waals surface area contributed by atoms with E-state index >= 15 is 0 Å². The molecular weight excluding hydrogens is 336 g/mol. The van der Waals surface area contributed by atoms with Gasteiger partial charge in [-0.05, 0) is 52.9 Å². The van der Waals surface area contributed by atoms with Crippen LogP contribution in [0.15, 0.2) is 42.0 Å². The van der Waals surface area contributed by atoms with Crippen molar-refractivity contribution in [2.75, 3.05) is 13.7 Å². The van der Waals surface area contributed by atoms with Crippen LogP contribution in [0, 0.1) is 11.8 Å². The first-order valence-electron chi connectivity index (χ1n) is 9.85. The lowest BCUT2D eigenvalue weighted by molar-refractivity contribution is -0.131. The first-order valence-corrected chi connectivity index (χ1v) is 9.85. The minimum atomic E-state index is -0.907. The minimum absolute atomic E-state index is 0.0184. The van der Waals surface area contributed by atoms with Gasteiger partial charge in [0.15, 0.2) is 0 Å². The van der Waals surface area contributed by atoms with Crippen molar-refractivity contribution >= 4 is 5.97 Å². The summed E-state index contributed by atoms with van der Waals surface area (Å²) in [6.07, 6.45) is 5.34. The molecular formula is C24H34O3. The summed E-state index contributed by atoms with van der Waals surface area (Å²) < 4.78 is 5.50. The molecule has 0 amide bonds. The van der Waals surface area contributed by atoms with Gasteiger partial charge in [-0.25, -0.2) is 4.79 Å². The summed E-state index contributed by atoms with van der Waals surface area (Å²) in [4.78, 5) is 10.9. The molecule has 1 aliphatic rings. The van der Waals surface area contributed by atoms with Crippen molar-refractivity contribution in [3.05, 3.63) is 58.7 Å². The predicted octanol–water partition coefficient (Wildman–Crippen LogP) is 5.67. The second-order valence-corrected chi connectivity index (χ2v) is 8.65. The molecule has 0 aliphatic heterocycles. The highest BCUT2D eigenvalue weighted by atomic mass is 16.5. The number of benzene rings is 1. The Morgan fingerprint density at radius 1 is 1.19 bits per heavy atom. The number of allylic oxidation sites excluding steroid dienone is 3. The average Bonchev–Trinajstić information content (AvgIpc) is 3.16. The fourth-order valence-electron chi connectivity index (χ4n) is 3.99. The number of carbonyl (C=O) groups is 1. The summed E-state index contributed by atoms with van der Waals surface area (Å²) in [5.41, 5.74) is 4.90. The van der Waals surface area contributed by atoms with Gasteiger partial charge in [0.25, 0.3) is 0 Å². The molecule has 3 nitrogen and oxygen atoms in total. The number of ether oxygens (including phenoxy) is 1. The molecule has 2 rings (SSSR count). The van der Waals surface area contributed by atoms with Crippen LogP contribution < -0.4 is 0 Å². The van der Waals surface area contributed by atoms with Gasteiger partial charge in [-0.15, -0.1) is 0 Å². The Kier molecular flexibility index (Phi) is 6.69. The molecule has 0 bridgehead atoms. The average molecular weight is 371 g/mol. The van der Waals surface area contributed by atoms with E-state index in [1.807, 2.05) is 13.0 Å². The van der Waals surface area contributed by atoms with Crippen molar-refractivity contribution in [1.82, 2.24) is 0 Å². The number of carboxylic acids is 1. The zero-order valence-corrected chi connectivity index (χ0v) is 17.7. The molecule has 1 aromatic rings. The standard InChI is InChI=1S/C24H34O3/c1-15(2)18-11-19(16(3)4)13-20(12-18)24(6)21(22(24)14-27-7)9-8-17(5)10-23(25)26/h8-13,15-16,21-22H,14H2,1-7H3,(H,25,26)/b9-8+,17-10+/t21-,22+,24+/m0/s1. The van der Waals surface area contributed by atoms with E-state index in [1.54, 1.807) is 7.11 Å². The summed E-state index contributed by atoms with van der Waals surface area (Å²) in [5, 5.41) is 8.92. The number of rotatable bonds is 8. The Balaban J connectivity index is 2.42. The normalized spacial score (nSPS) is 25.6. The van der Waals surface area contributed by atoms with Crippen LogP contribution in [-0.2, 0) is 14.9 Å². The molecule has 0 aromatic heterocycles. The molecule has 0 saturated heterocycles. The Bertz CT molecular complexity index is 716. The third-order valence-electron chi connectivity index (χ3n) is 5.98. The molecule has 0 radical (unpaired) electrons.